The van der Waals surface area contributed by atoms with Crippen LogP contribution in [0.3, 0.4) is 0 Å². The van der Waals surface area contributed by atoms with Crippen LogP contribution in [0.1, 0.15) is 20.7 Å². The molecule has 3 N–H and O–H groups in total. The number of aromatic nitrogens is 2. The highest BCUT2D eigenvalue weighted by molar-refractivity contribution is 6.05. The molecule has 2 aromatic rings. The fourth-order valence-electron chi connectivity index (χ4n) is 1.29. The van der Waals surface area contributed by atoms with Crippen molar-refractivity contribution in [3.05, 3.63) is 48.0 Å². The Hall–Kier alpha value is -2.63. The quantitative estimate of drug-likeness (QED) is 0.743. The van der Waals surface area contributed by atoms with E-state index < -0.39 is 11.9 Å². The number of carbonyl (C=O) groups is 2. The first kappa shape index (κ1) is 10.9. The zero-order chi connectivity index (χ0) is 12.3. The summed E-state index contributed by atoms with van der Waals surface area (Å²) in [7, 11) is 0. The van der Waals surface area contributed by atoms with Crippen molar-refractivity contribution < 1.29 is 14.7 Å². The summed E-state index contributed by atoms with van der Waals surface area (Å²) >= 11 is 0. The van der Waals surface area contributed by atoms with E-state index in [1.54, 1.807) is 18.5 Å². The van der Waals surface area contributed by atoms with Gasteiger partial charge in [-0.15, -0.1) is 0 Å². The number of carboxylic acids is 1. The van der Waals surface area contributed by atoms with Crippen LogP contribution in [0.15, 0.2) is 36.9 Å². The Morgan fingerprint density at radius 2 is 2.06 bits per heavy atom. The standard InChI is InChI=1S/C11H9N3O3/c15-10(14-9-1-2-12-6-9)7-3-8(11(16)17)5-13-4-7/h1-6,12H,(H,14,15)(H,16,17). The summed E-state index contributed by atoms with van der Waals surface area (Å²) < 4.78 is 0. The second-order valence-electron chi connectivity index (χ2n) is 3.32. The normalized spacial score (nSPS) is 9.88. The Morgan fingerprint density at radius 1 is 1.29 bits per heavy atom. The van der Waals surface area contributed by atoms with E-state index in [0.717, 1.165) is 0 Å². The van der Waals surface area contributed by atoms with E-state index in [4.69, 9.17) is 5.11 Å². The summed E-state index contributed by atoms with van der Waals surface area (Å²) in [6.07, 6.45) is 5.79. The van der Waals surface area contributed by atoms with Crippen molar-refractivity contribution in [2.75, 3.05) is 5.32 Å². The maximum Gasteiger partial charge on any atom is 0.337 e. The molecule has 0 fully saturated rings. The van der Waals surface area contributed by atoms with E-state index in [2.05, 4.69) is 15.3 Å². The van der Waals surface area contributed by atoms with Crippen molar-refractivity contribution in [3.63, 3.8) is 0 Å². The lowest BCUT2D eigenvalue weighted by atomic mass is 10.2. The Bertz CT molecular complexity index is 549. The van der Waals surface area contributed by atoms with Gasteiger partial charge < -0.3 is 15.4 Å². The average molecular weight is 231 g/mol. The fourth-order valence-corrected chi connectivity index (χ4v) is 1.29. The van der Waals surface area contributed by atoms with E-state index in [1.807, 2.05) is 0 Å². The molecule has 0 aliphatic carbocycles. The van der Waals surface area contributed by atoms with Gasteiger partial charge in [0, 0.05) is 24.8 Å². The van der Waals surface area contributed by atoms with Crippen molar-refractivity contribution in [2.45, 2.75) is 0 Å². The molecule has 86 valence electrons. The van der Waals surface area contributed by atoms with Gasteiger partial charge in [-0.25, -0.2) is 4.79 Å². The molecule has 0 aromatic carbocycles. The third kappa shape index (κ3) is 2.49. The van der Waals surface area contributed by atoms with Crippen molar-refractivity contribution in [1.82, 2.24) is 9.97 Å². The van der Waals surface area contributed by atoms with Gasteiger partial charge in [0.1, 0.15) is 0 Å². The number of aromatic carboxylic acids is 1. The molecular weight excluding hydrogens is 222 g/mol. The third-order valence-corrected chi connectivity index (χ3v) is 2.10. The highest BCUT2D eigenvalue weighted by Crippen LogP contribution is 2.08. The second kappa shape index (κ2) is 4.48. The highest BCUT2D eigenvalue weighted by Gasteiger charge is 2.10. The number of carboxylic acid groups (broad SMARTS) is 1. The smallest absolute Gasteiger partial charge is 0.337 e. The number of carbonyl (C=O) groups excluding carboxylic acids is 1. The predicted molar refractivity (Wildman–Crippen MR) is 59.9 cm³/mol. The zero-order valence-electron chi connectivity index (χ0n) is 8.68. The number of hydrogen-bond donors (Lipinski definition) is 3. The molecule has 0 saturated heterocycles. The van der Waals surface area contributed by atoms with Crippen molar-refractivity contribution in [2.24, 2.45) is 0 Å². The summed E-state index contributed by atoms with van der Waals surface area (Å²) in [4.78, 5) is 28.9. The first-order valence-electron chi connectivity index (χ1n) is 4.79. The summed E-state index contributed by atoms with van der Waals surface area (Å²) in [5, 5.41) is 11.4. The van der Waals surface area contributed by atoms with Crippen LogP contribution in [0.2, 0.25) is 0 Å². The lowest BCUT2D eigenvalue weighted by molar-refractivity contribution is 0.0696. The number of hydrogen-bond acceptors (Lipinski definition) is 3. The first-order valence-corrected chi connectivity index (χ1v) is 4.79. The second-order valence-corrected chi connectivity index (χ2v) is 3.32. The fraction of sp³-hybridized carbons (Fsp3) is 0. The molecule has 2 rings (SSSR count). The molecule has 0 aliphatic rings. The molecule has 0 radical (unpaired) electrons. The minimum Gasteiger partial charge on any atom is -0.478 e. The Labute approximate surface area is 96.3 Å². The van der Waals surface area contributed by atoms with Gasteiger partial charge in [0.2, 0.25) is 0 Å². The number of amides is 1. The molecule has 6 heteroatoms. The molecule has 0 saturated carbocycles. The Balaban J connectivity index is 2.19. The van der Waals surface area contributed by atoms with Gasteiger partial charge in [-0.2, -0.15) is 0 Å². The molecule has 6 nitrogen and oxygen atoms in total. The van der Waals surface area contributed by atoms with Gasteiger partial charge in [0.05, 0.1) is 16.8 Å². The summed E-state index contributed by atoms with van der Waals surface area (Å²) in [6, 6.07) is 2.96. The molecule has 0 aliphatic heterocycles. The van der Waals surface area contributed by atoms with Gasteiger partial charge in [-0.3, -0.25) is 9.78 Å². The van der Waals surface area contributed by atoms with Crippen LogP contribution < -0.4 is 5.32 Å². The number of nitrogens with zero attached hydrogens (tertiary/aromatic N) is 1. The lowest BCUT2D eigenvalue weighted by Gasteiger charge is -2.02. The summed E-state index contributed by atoms with van der Waals surface area (Å²) in [5.41, 5.74) is 0.786. The van der Waals surface area contributed by atoms with Crippen LogP contribution in [-0.2, 0) is 0 Å². The van der Waals surface area contributed by atoms with E-state index >= 15 is 0 Å². The van der Waals surface area contributed by atoms with Crippen molar-refractivity contribution in [3.8, 4) is 0 Å². The van der Waals surface area contributed by atoms with Gasteiger partial charge in [-0.05, 0) is 12.1 Å². The first-order chi connectivity index (χ1) is 8.16. The van der Waals surface area contributed by atoms with Crippen molar-refractivity contribution in [1.29, 1.82) is 0 Å². The van der Waals surface area contributed by atoms with Crippen molar-refractivity contribution >= 4 is 17.6 Å². The molecule has 1 amide bonds. The van der Waals surface area contributed by atoms with Gasteiger partial charge >= 0.3 is 5.97 Å². The minimum atomic E-state index is -1.12. The number of H-pyrrole nitrogens is 1. The summed E-state index contributed by atoms with van der Waals surface area (Å²) in [6.45, 7) is 0. The lowest BCUT2D eigenvalue weighted by Crippen LogP contribution is -2.12. The maximum absolute atomic E-state index is 11.7. The van der Waals surface area contributed by atoms with E-state index in [-0.39, 0.29) is 11.1 Å². The number of aromatic amines is 1. The van der Waals surface area contributed by atoms with Crippen LogP contribution in [0.25, 0.3) is 0 Å². The van der Waals surface area contributed by atoms with E-state index in [1.165, 1.54) is 18.5 Å². The molecular formula is C11H9N3O3. The van der Waals surface area contributed by atoms with Gasteiger partial charge in [0.25, 0.3) is 5.91 Å². The molecule has 2 aromatic heterocycles. The maximum atomic E-state index is 11.7. The SMILES string of the molecule is O=C(O)c1cncc(C(=O)Nc2cc[nH]c2)c1. The third-order valence-electron chi connectivity index (χ3n) is 2.10. The largest absolute Gasteiger partial charge is 0.478 e. The topological polar surface area (TPSA) is 95.1 Å². The Kier molecular flexibility index (Phi) is 2.87. The molecule has 17 heavy (non-hydrogen) atoms. The number of pyridine rings is 1. The monoisotopic (exact) mass is 231 g/mol. The van der Waals surface area contributed by atoms with Crippen LogP contribution in [0, 0.1) is 0 Å². The average Bonchev–Trinajstić information content (AvgIpc) is 2.82. The van der Waals surface area contributed by atoms with Crippen LogP contribution in [-0.4, -0.2) is 27.0 Å². The number of nitrogens with one attached hydrogen (secondary N) is 2. The number of rotatable bonds is 3. The zero-order valence-corrected chi connectivity index (χ0v) is 8.68. The van der Waals surface area contributed by atoms with E-state index in [0.29, 0.717) is 5.69 Å². The Morgan fingerprint density at radius 3 is 2.71 bits per heavy atom. The molecule has 0 unspecified atom stereocenters. The summed E-state index contributed by atoms with van der Waals surface area (Å²) in [5.74, 6) is -1.52. The highest BCUT2D eigenvalue weighted by atomic mass is 16.4. The molecule has 0 atom stereocenters. The number of anilines is 1. The van der Waals surface area contributed by atoms with Crippen LogP contribution >= 0.6 is 0 Å². The molecule has 0 bridgehead atoms. The van der Waals surface area contributed by atoms with E-state index in [9.17, 15) is 9.59 Å². The predicted octanol–water partition coefficient (Wildman–Crippen LogP) is 1.36. The molecule has 0 spiro atoms. The van der Waals surface area contributed by atoms with Crippen LogP contribution in [0.4, 0.5) is 5.69 Å². The minimum absolute atomic E-state index is 0.0216. The van der Waals surface area contributed by atoms with Crippen LogP contribution in [0.5, 0.6) is 0 Å². The van der Waals surface area contributed by atoms with Gasteiger partial charge in [0.15, 0.2) is 0 Å². The molecule has 2 heterocycles. The van der Waals surface area contributed by atoms with Gasteiger partial charge in [-0.1, -0.05) is 0 Å².